The number of halogens is 3. The molecule has 4 rings (SSSR count). The van der Waals surface area contributed by atoms with Crippen molar-refractivity contribution >= 4 is 40.0 Å². The van der Waals surface area contributed by atoms with Crippen LogP contribution >= 0.6 is 11.3 Å². The molecule has 3 N–H and O–H groups in total. The van der Waals surface area contributed by atoms with E-state index in [0.29, 0.717) is 24.9 Å². The Labute approximate surface area is 194 Å². The lowest BCUT2D eigenvalue weighted by atomic mass is 9.99. The summed E-state index contributed by atoms with van der Waals surface area (Å²) in [5.41, 5.74) is 1.53. The summed E-state index contributed by atoms with van der Waals surface area (Å²) in [4.78, 5) is 12.6. The van der Waals surface area contributed by atoms with Gasteiger partial charge in [-0.2, -0.15) is 24.5 Å². The van der Waals surface area contributed by atoms with E-state index >= 15 is 0 Å². The van der Waals surface area contributed by atoms with Gasteiger partial charge in [-0.1, -0.05) is 18.2 Å². The first-order chi connectivity index (χ1) is 15.6. The van der Waals surface area contributed by atoms with Crippen LogP contribution in [0.1, 0.15) is 24.0 Å². The Balaban J connectivity index is 1.56. The van der Waals surface area contributed by atoms with Crippen LogP contribution in [0.5, 0.6) is 0 Å². The minimum Gasteiger partial charge on any atom is -0.760 e. The highest BCUT2D eigenvalue weighted by Crippen LogP contribution is 2.40. The first-order valence-electron chi connectivity index (χ1n) is 9.91. The van der Waals surface area contributed by atoms with E-state index in [1.54, 1.807) is 6.07 Å². The van der Waals surface area contributed by atoms with Gasteiger partial charge in [-0.15, -0.1) is 0 Å². The number of hydrogen-bond acceptors (Lipinski definition) is 4. The zero-order valence-corrected chi connectivity index (χ0v) is 18.7. The van der Waals surface area contributed by atoms with Gasteiger partial charge in [0.15, 0.2) is 0 Å². The summed E-state index contributed by atoms with van der Waals surface area (Å²) >= 11 is -0.893. The van der Waals surface area contributed by atoms with Crippen molar-refractivity contribution in [2.45, 2.75) is 31.0 Å². The van der Waals surface area contributed by atoms with Crippen molar-refractivity contribution in [3.8, 4) is 11.1 Å². The summed E-state index contributed by atoms with van der Waals surface area (Å²) in [6, 6.07) is 11.0. The van der Waals surface area contributed by atoms with Crippen LogP contribution < -0.4 is 15.4 Å². The van der Waals surface area contributed by atoms with E-state index in [1.165, 1.54) is 23.5 Å². The van der Waals surface area contributed by atoms with E-state index in [-0.39, 0.29) is 5.69 Å². The quantitative estimate of drug-likeness (QED) is 0.377. The standard InChI is InChI=1S/C22H20F3N3O3S2/c23-22(24,25)16-2-1-3-17(11-16)26-20(29)27-19-10-14(12-21(7-8-21)28-33(30)31)4-5-18(19)15-6-9-32-13-15/h1-6,9-11,13,28H,7-8,12H2,(H,30,31)(H2,26,27,29)/p-1. The van der Waals surface area contributed by atoms with E-state index in [9.17, 15) is 26.7 Å². The number of carbonyl (C=O) groups is 1. The predicted molar refractivity (Wildman–Crippen MR) is 122 cm³/mol. The van der Waals surface area contributed by atoms with Crippen LogP contribution in [0.3, 0.4) is 0 Å². The predicted octanol–water partition coefficient (Wildman–Crippen LogP) is 5.54. The van der Waals surface area contributed by atoms with Gasteiger partial charge in [-0.25, -0.2) is 9.52 Å². The molecule has 0 radical (unpaired) electrons. The molecule has 1 aliphatic rings. The lowest BCUT2D eigenvalue weighted by Crippen LogP contribution is -2.34. The van der Waals surface area contributed by atoms with Crippen molar-refractivity contribution in [3.63, 3.8) is 0 Å². The van der Waals surface area contributed by atoms with Crippen LogP contribution in [0, 0.1) is 0 Å². The highest BCUT2D eigenvalue weighted by Gasteiger charge is 2.42. The van der Waals surface area contributed by atoms with Crippen LogP contribution in [-0.2, 0) is 23.9 Å². The van der Waals surface area contributed by atoms with E-state index in [4.69, 9.17) is 0 Å². The Morgan fingerprint density at radius 2 is 1.91 bits per heavy atom. The average molecular weight is 495 g/mol. The van der Waals surface area contributed by atoms with Gasteiger partial charge in [0.2, 0.25) is 0 Å². The van der Waals surface area contributed by atoms with Crippen LogP contribution in [0.15, 0.2) is 59.3 Å². The molecule has 0 spiro atoms. The van der Waals surface area contributed by atoms with Crippen molar-refractivity contribution in [2.24, 2.45) is 0 Å². The Kier molecular flexibility index (Phi) is 6.57. The molecule has 0 saturated heterocycles. The highest BCUT2D eigenvalue weighted by atomic mass is 32.2. The van der Waals surface area contributed by atoms with Crippen LogP contribution in [0.2, 0.25) is 0 Å². The summed E-state index contributed by atoms with van der Waals surface area (Å²) in [6.07, 6.45) is -2.64. The Morgan fingerprint density at radius 1 is 1.12 bits per heavy atom. The highest BCUT2D eigenvalue weighted by molar-refractivity contribution is 7.77. The molecule has 3 aromatic rings. The molecule has 2 amide bonds. The minimum absolute atomic E-state index is 0.00891. The normalized spacial score (nSPS) is 15.6. The molecule has 2 aromatic carbocycles. The number of rotatable bonds is 7. The number of hydrogen-bond donors (Lipinski definition) is 3. The molecule has 0 bridgehead atoms. The fourth-order valence-electron chi connectivity index (χ4n) is 3.57. The van der Waals surface area contributed by atoms with E-state index in [0.717, 1.165) is 28.8 Å². The smallest absolute Gasteiger partial charge is 0.416 e. The number of alkyl halides is 3. The summed E-state index contributed by atoms with van der Waals surface area (Å²) < 4.78 is 63.6. The first-order valence-corrected chi connectivity index (χ1v) is 11.9. The molecule has 1 aromatic heterocycles. The summed E-state index contributed by atoms with van der Waals surface area (Å²) in [6.45, 7) is 0. The summed E-state index contributed by atoms with van der Waals surface area (Å²) in [7, 11) is 0. The lowest BCUT2D eigenvalue weighted by Gasteiger charge is -2.20. The molecule has 11 heteroatoms. The van der Waals surface area contributed by atoms with Gasteiger partial charge in [0.1, 0.15) is 0 Å². The fraction of sp³-hybridized carbons (Fsp3) is 0.227. The molecule has 1 aliphatic carbocycles. The Bertz CT molecular complexity index is 1180. The molecule has 33 heavy (non-hydrogen) atoms. The van der Waals surface area contributed by atoms with Crippen LogP contribution in [0.4, 0.5) is 29.3 Å². The Hall–Kier alpha value is -2.73. The van der Waals surface area contributed by atoms with Crippen molar-refractivity contribution in [3.05, 3.63) is 70.4 Å². The lowest BCUT2D eigenvalue weighted by molar-refractivity contribution is -0.137. The third-order valence-corrected chi connectivity index (χ3v) is 6.59. The second-order valence-electron chi connectivity index (χ2n) is 7.84. The van der Waals surface area contributed by atoms with Gasteiger partial charge in [0.05, 0.1) is 11.3 Å². The molecule has 174 valence electrons. The van der Waals surface area contributed by atoms with Crippen LogP contribution in [0.25, 0.3) is 11.1 Å². The zero-order valence-electron chi connectivity index (χ0n) is 17.1. The van der Waals surface area contributed by atoms with Gasteiger partial charge < -0.3 is 15.2 Å². The number of urea groups is 1. The monoisotopic (exact) mass is 494 g/mol. The number of anilines is 2. The molecular formula is C22H19F3N3O3S2-. The second-order valence-corrected chi connectivity index (χ2v) is 9.30. The van der Waals surface area contributed by atoms with Gasteiger partial charge in [-0.05, 0) is 71.5 Å². The number of thiophene rings is 1. The molecule has 1 fully saturated rings. The minimum atomic E-state index is -4.52. The number of amides is 2. The van der Waals surface area contributed by atoms with Gasteiger partial charge in [0.25, 0.3) is 0 Å². The van der Waals surface area contributed by atoms with Crippen molar-refractivity contribution < 1.29 is 26.7 Å². The third-order valence-electron chi connectivity index (χ3n) is 5.31. The third kappa shape index (κ3) is 5.99. The molecule has 6 nitrogen and oxygen atoms in total. The SMILES string of the molecule is O=C(Nc1cccc(C(F)(F)F)c1)Nc1cc(CC2(NS(=O)[O-])CC2)ccc1-c1ccsc1. The number of benzene rings is 2. The molecule has 1 heterocycles. The van der Waals surface area contributed by atoms with Gasteiger partial charge in [-0.3, -0.25) is 4.21 Å². The first kappa shape index (κ1) is 23.4. The largest absolute Gasteiger partial charge is 0.760 e. The molecule has 0 aliphatic heterocycles. The maximum atomic E-state index is 13.0. The zero-order chi connectivity index (χ0) is 23.6. The topological polar surface area (TPSA) is 93.3 Å². The maximum absolute atomic E-state index is 13.0. The number of carbonyl (C=O) groups excluding carboxylic acids is 1. The summed E-state index contributed by atoms with van der Waals surface area (Å²) in [5, 5.41) is 8.97. The van der Waals surface area contributed by atoms with Gasteiger partial charge >= 0.3 is 12.2 Å². The van der Waals surface area contributed by atoms with Crippen molar-refractivity contribution in [2.75, 3.05) is 10.6 Å². The van der Waals surface area contributed by atoms with E-state index < -0.39 is 34.6 Å². The van der Waals surface area contributed by atoms with Crippen molar-refractivity contribution in [1.29, 1.82) is 0 Å². The van der Waals surface area contributed by atoms with E-state index in [1.807, 2.05) is 29.0 Å². The second kappa shape index (κ2) is 9.26. The molecule has 1 saturated carbocycles. The van der Waals surface area contributed by atoms with Gasteiger partial charge in [0, 0.05) is 28.1 Å². The maximum Gasteiger partial charge on any atom is 0.416 e. The molecule has 1 unspecified atom stereocenters. The average Bonchev–Trinajstić information content (AvgIpc) is 3.24. The fourth-order valence-corrected chi connectivity index (χ4v) is 4.85. The summed E-state index contributed by atoms with van der Waals surface area (Å²) in [5.74, 6) is 0. The molecular weight excluding hydrogens is 475 g/mol. The van der Waals surface area contributed by atoms with Crippen molar-refractivity contribution in [1.82, 2.24) is 4.72 Å². The number of nitrogens with one attached hydrogen (secondary N) is 3. The Morgan fingerprint density at radius 3 is 2.55 bits per heavy atom. The van der Waals surface area contributed by atoms with E-state index in [2.05, 4.69) is 15.4 Å². The van der Waals surface area contributed by atoms with Crippen LogP contribution in [-0.4, -0.2) is 20.3 Å². The molecule has 1 atom stereocenters.